The summed E-state index contributed by atoms with van der Waals surface area (Å²) in [6.07, 6.45) is -4.68. The summed E-state index contributed by atoms with van der Waals surface area (Å²) in [5.74, 6) is -0.0465. The first-order chi connectivity index (χ1) is 15.1. The Morgan fingerprint density at radius 1 is 1.06 bits per heavy atom. The van der Waals surface area contributed by atoms with Crippen LogP contribution in [-0.2, 0) is 12.6 Å². The summed E-state index contributed by atoms with van der Waals surface area (Å²) >= 11 is 12.1. The molecule has 32 heavy (non-hydrogen) atoms. The highest BCUT2D eigenvalue weighted by Gasteiger charge is 2.35. The molecule has 0 spiro atoms. The molecule has 1 amide bonds. The molecule has 2 heterocycles. The maximum absolute atomic E-state index is 13.1. The quantitative estimate of drug-likeness (QED) is 0.488. The molecule has 1 aromatic heterocycles. The van der Waals surface area contributed by atoms with E-state index in [1.54, 1.807) is 48.3 Å². The van der Waals surface area contributed by atoms with Crippen molar-refractivity contribution in [3.05, 3.63) is 90.8 Å². The normalized spacial score (nSPS) is 13.2. The highest BCUT2D eigenvalue weighted by atomic mass is 35.5. The van der Waals surface area contributed by atoms with Gasteiger partial charge in [-0.15, -0.1) is 0 Å². The number of rotatable bonds is 3. The number of aryl methyl sites for hydroxylation is 1. The summed E-state index contributed by atoms with van der Waals surface area (Å²) in [7, 11) is 0. The minimum atomic E-state index is -4.74. The summed E-state index contributed by atoms with van der Waals surface area (Å²) in [5.41, 5.74) is -1.58. The van der Waals surface area contributed by atoms with Crippen LogP contribution in [0.2, 0.25) is 10.0 Å². The van der Waals surface area contributed by atoms with Crippen molar-refractivity contribution >= 4 is 29.1 Å². The van der Waals surface area contributed by atoms with Gasteiger partial charge < -0.3 is 15.0 Å². The van der Waals surface area contributed by atoms with Crippen LogP contribution in [0.15, 0.2) is 47.3 Å². The maximum Gasteiger partial charge on any atom is 0.431 e. The Labute approximate surface area is 190 Å². The molecule has 0 atom stereocenters. The molecule has 0 fully saturated rings. The Hall–Kier alpha value is -2.97. The lowest BCUT2D eigenvalue weighted by molar-refractivity contribution is -0.141. The van der Waals surface area contributed by atoms with Crippen molar-refractivity contribution in [3.8, 4) is 11.5 Å². The number of halogens is 5. The van der Waals surface area contributed by atoms with E-state index in [2.05, 4.69) is 5.32 Å². The minimum Gasteiger partial charge on any atom is -0.456 e. The lowest BCUT2D eigenvalue weighted by Gasteiger charge is -2.29. The third-order valence-electron chi connectivity index (χ3n) is 5.10. The van der Waals surface area contributed by atoms with E-state index in [0.717, 1.165) is 6.07 Å². The van der Waals surface area contributed by atoms with Crippen molar-refractivity contribution in [3.63, 3.8) is 0 Å². The Morgan fingerprint density at radius 3 is 2.12 bits per heavy atom. The summed E-state index contributed by atoms with van der Waals surface area (Å²) in [5, 5.41) is 3.57. The molecule has 1 aliphatic heterocycles. The van der Waals surface area contributed by atoms with Gasteiger partial charge in [0.15, 0.2) is 0 Å². The number of amides is 1. The van der Waals surface area contributed by atoms with Crippen molar-refractivity contribution in [2.24, 2.45) is 0 Å². The van der Waals surface area contributed by atoms with Crippen molar-refractivity contribution < 1.29 is 22.7 Å². The number of hydrogen-bond donors (Lipinski definition) is 2. The fourth-order valence-corrected chi connectivity index (χ4v) is 3.93. The van der Waals surface area contributed by atoms with Gasteiger partial charge in [-0.3, -0.25) is 9.59 Å². The lowest BCUT2D eigenvalue weighted by atomic mass is 9.94. The van der Waals surface area contributed by atoms with Crippen LogP contribution < -0.4 is 15.6 Å². The Bertz CT molecular complexity index is 1240. The zero-order valence-corrected chi connectivity index (χ0v) is 18.0. The first kappa shape index (κ1) is 22.2. The number of alkyl halides is 3. The summed E-state index contributed by atoms with van der Waals surface area (Å²) < 4.78 is 45.1. The van der Waals surface area contributed by atoms with E-state index in [-0.39, 0.29) is 17.5 Å². The van der Waals surface area contributed by atoms with Crippen LogP contribution in [0.4, 0.5) is 13.2 Å². The van der Waals surface area contributed by atoms with Gasteiger partial charge in [0, 0.05) is 21.2 Å². The third kappa shape index (κ3) is 4.08. The topological polar surface area (TPSA) is 71.2 Å². The van der Waals surface area contributed by atoms with Gasteiger partial charge in [0.05, 0.1) is 6.04 Å². The molecule has 0 radical (unpaired) electrons. The predicted molar refractivity (Wildman–Crippen MR) is 114 cm³/mol. The van der Waals surface area contributed by atoms with E-state index < -0.39 is 29.4 Å². The molecular formula is C22H15Cl2F3N2O3. The maximum atomic E-state index is 13.1. The second kappa shape index (κ2) is 8.18. The van der Waals surface area contributed by atoms with Gasteiger partial charge in [-0.1, -0.05) is 42.3 Å². The molecule has 5 nitrogen and oxygen atoms in total. The number of aromatic nitrogens is 1. The number of H-pyrrole nitrogens is 1. The number of aromatic amines is 1. The predicted octanol–water partition coefficient (Wildman–Crippen LogP) is 5.89. The van der Waals surface area contributed by atoms with Crippen LogP contribution in [0.1, 0.15) is 45.7 Å². The number of ether oxygens (including phenoxy) is 1. The highest BCUT2D eigenvalue weighted by molar-refractivity contribution is 6.31. The van der Waals surface area contributed by atoms with E-state index >= 15 is 0 Å². The molecule has 4 rings (SSSR count). The van der Waals surface area contributed by atoms with E-state index in [1.807, 2.05) is 0 Å². The van der Waals surface area contributed by atoms with Crippen LogP contribution in [0, 0.1) is 0 Å². The molecule has 166 valence electrons. The lowest BCUT2D eigenvalue weighted by Crippen LogP contribution is -2.36. The van der Waals surface area contributed by atoms with Gasteiger partial charge >= 0.3 is 6.18 Å². The zero-order valence-electron chi connectivity index (χ0n) is 16.4. The number of carbonyl (C=O) groups excluding carboxylic acids is 1. The number of pyridine rings is 1. The molecule has 2 aromatic carbocycles. The molecular weight excluding hydrogens is 468 g/mol. The zero-order chi connectivity index (χ0) is 23.2. The number of nitrogens with one attached hydrogen (secondary N) is 2. The van der Waals surface area contributed by atoms with Crippen molar-refractivity contribution in [1.29, 1.82) is 0 Å². The SMILES string of the molecule is CCc1cc(C(F)(F)F)[nH]c(=O)c1C(=O)NC1c2ccc(Cl)cc2Oc2cc(Cl)ccc21. The van der Waals surface area contributed by atoms with Crippen molar-refractivity contribution in [2.45, 2.75) is 25.6 Å². The van der Waals surface area contributed by atoms with Crippen LogP contribution in [0.3, 0.4) is 0 Å². The molecule has 0 saturated heterocycles. The minimum absolute atomic E-state index is 0.0155. The van der Waals surface area contributed by atoms with Gasteiger partial charge in [-0.25, -0.2) is 0 Å². The second-order valence-corrected chi connectivity index (χ2v) is 8.01. The fraction of sp³-hybridized carbons (Fsp3) is 0.182. The van der Waals surface area contributed by atoms with E-state index in [9.17, 15) is 22.8 Å². The monoisotopic (exact) mass is 482 g/mol. The van der Waals surface area contributed by atoms with Gasteiger partial charge in [0.2, 0.25) is 0 Å². The van der Waals surface area contributed by atoms with Gasteiger partial charge in [0.1, 0.15) is 22.8 Å². The molecule has 2 N–H and O–H groups in total. The molecule has 0 aliphatic carbocycles. The van der Waals surface area contributed by atoms with E-state index in [1.165, 1.54) is 0 Å². The van der Waals surface area contributed by atoms with Crippen LogP contribution in [0.5, 0.6) is 11.5 Å². The first-order valence-corrected chi connectivity index (χ1v) is 10.2. The number of benzene rings is 2. The Morgan fingerprint density at radius 2 is 1.62 bits per heavy atom. The van der Waals surface area contributed by atoms with E-state index in [0.29, 0.717) is 32.7 Å². The highest BCUT2D eigenvalue weighted by Crippen LogP contribution is 2.44. The van der Waals surface area contributed by atoms with Crippen molar-refractivity contribution in [1.82, 2.24) is 10.3 Å². The van der Waals surface area contributed by atoms with Gasteiger partial charge in [-0.2, -0.15) is 13.2 Å². The standard InChI is InChI=1S/C22H15Cl2F3N2O3/c1-2-10-7-17(22(25,26)27)28-20(30)18(10)21(31)29-19-13-5-3-11(23)8-15(13)32-16-9-12(24)4-6-14(16)19/h3-9,19H,2H2,1H3,(H,28,30)(H,29,31). The average Bonchev–Trinajstić information content (AvgIpc) is 2.71. The number of hydrogen-bond acceptors (Lipinski definition) is 3. The number of fused-ring (bicyclic) bond motifs is 2. The first-order valence-electron chi connectivity index (χ1n) is 9.49. The molecule has 10 heteroatoms. The summed E-state index contributed by atoms with van der Waals surface area (Å²) in [6.45, 7) is 1.56. The van der Waals surface area contributed by atoms with Gasteiger partial charge in [-0.05, 0) is 42.3 Å². The largest absolute Gasteiger partial charge is 0.456 e. The molecule has 3 aromatic rings. The van der Waals surface area contributed by atoms with Crippen LogP contribution >= 0.6 is 23.2 Å². The second-order valence-electron chi connectivity index (χ2n) is 7.14. The van der Waals surface area contributed by atoms with Crippen molar-refractivity contribution in [2.75, 3.05) is 0 Å². The molecule has 0 saturated carbocycles. The number of carbonyl (C=O) groups is 1. The van der Waals surface area contributed by atoms with E-state index in [4.69, 9.17) is 27.9 Å². The van der Waals surface area contributed by atoms with Gasteiger partial charge in [0.25, 0.3) is 11.5 Å². The molecule has 0 unspecified atom stereocenters. The third-order valence-corrected chi connectivity index (χ3v) is 5.57. The summed E-state index contributed by atoms with van der Waals surface area (Å²) in [4.78, 5) is 27.3. The average molecular weight is 483 g/mol. The summed E-state index contributed by atoms with van der Waals surface area (Å²) in [6, 6.07) is 9.74. The molecule has 1 aliphatic rings. The Kier molecular flexibility index (Phi) is 5.68. The van der Waals surface area contributed by atoms with Crippen LogP contribution in [-0.4, -0.2) is 10.9 Å². The molecule has 0 bridgehead atoms. The smallest absolute Gasteiger partial charge is 0.431 e. The Balaban J connectivity index is 1.79. The fourth-order valence-electron chi connectivity index (χ4n) is 3.61. The van der Waals surface area contributed by atoms with Crippen LogP contribution in [0.25, 0.3) is 0 Å².